The Hall–Kier alpha value is -1.95. The molecule has 2 atom stereocenters. The first-order chi connectivity index (χ1) is 10.6. The molecule has 3 rings (SSSR count). The monoisotopic (exact) mass is 305 g/mol. The van der Waals surface area contributed by atoms with Gasteiger partial charge in [-0.2, -0.15) is 0 Å². The lowest BCUT2D eigenvalue weighted by Gasteiger charge is -2.26. The van der Waals surface area contributed by atoms with Crippen molar-refractivity contribution in [3.63, 3.8) is 0 Å². The largest absolute Gasteiger partial charge is 0.333 e. The van der Waals surface area contributed by atoms with Gasteiger partial charge in [0.25, 0.3) is 0 Å². The number of halogens is 1. The molecule has 22 heavy (non-hydrogen) atoms. The lowest BCUT2D eigenvalue weighted by atomic mass is 10.1. The van der Waals surface area contributed by atoms with E-state index in [-0.39, 0.29) is 17.7 Å². The number of amides is 2. The van der Waals surface area contributed by atoms with Crippen molar-refractivity contribution in [1.29, 1.82) is 0 Å². The van der Waals surface area contributed by atoms with Gasteiger partial charge in [-0.15, -0.1) is 0 Å². The first kappa shape index (κ1) is 15.0. The van der Waals surface area contributed by atoms with Crippen LogP contribution in [0.25, 0.3) is 0 Å². The van der Waals surface area contributed by atoms with Crippen molar-refractivity contribution in [2.75, 3.05) is 31.6 Å². The van der Waals surface area contributed by atoms with E-state index >= 15 is 0 Å². The van der Waals surface area contributed by atoms with Crippen molar-refractivity contribution in [3.8, 4) is 0 Å². The van der Waals surface area contributed by atoms with Gasteiger partial charge in [0.15, 0.2) is 0 Å². The first-order valence-electron chi connectivity index (χ1n) is 7.63. The number of anilines is 1. The Morgan fingerprint density at radius 1 is 1.36 bits per heavy atom. The van der Waals surface area contributed by atoms with Crippen molar-refractivity contribution in [1.82, 2.24) is 10.2 Å². The standard InChI is InChI=1S/C16H20FN3O2/c1-19(15(21)11-6-8-18-10-11)14-7-9-20(16(14)22)13-5-3-2-4-12(13)17/h2-5,11,14,18H,6-10H2,1H3. The summed E-state index contributed by atoms with van der Waals surface area (Å²) in [6, 6.07) is 5.75. The van der Waals surface area contributed by atoms with Crippen molar-refractivity contribution in [2.45, 2.75) is 18.9 Å². The zero-order valence-corrected chi connectivity index (χ0v) is 12.6. The molecule has 2 aliphatic rings. The predicted octanol–water partition coefficient (Wildman–Crippen LogP) is 0.999. The van der Waals surface area contributed by atoms with E-state index in [9.17, 15) is 14.0 Å². The fourth-order valence-electron chi connectivity index (χ4n) is 3.24. The number of hydrogen-bond donors (Lipinski definition) is 1. The molecule has 0 aromatic heterocycles. The second-order valence-electron chi connectivity index (χ2n) is 5.88. The van der Waals surface area contributed by atoms with Gasteiger partial charge >= 0.3 is 0 Å². The van der Waals surface area contributed by atoms with Gasteiger partial charge in [0.2, 0.25) is 11.8 Å². The molecule has 2 fully saturated rings. The van der Waals surface area contributed by atoms with Gasteiger partial charge < -0.3 is 15.1 Å². The summed E-state index contributed by atoms with van der Waals surface area (Å²) in [7, 11) is 1.67. The van der Waals surface area contributed by atoms with Crippen LogP contribution in [0.1, 0.15) is 12.8 Å². The van der Waals surface area contributed by atoms with Crippen LogP contribution >= 0.6 is 0 Å². The van der Waals surface area contributed by atoms with Crippen LogP contribution in [0.15, 0.2) is 24.3 Å². The Labute approximate surface area is 129 Å². The Bertz CT molecular complexity index is 587. The molecule has 0 saturated carbocycles. The molecule has 0 radical (unpaired) electrons. The molecular formula is C16H20FN3O2. The SMILES string of the molecule is CN(C(=O)C1CCNC1)C1CCN(c2ccccc2F)C1=O. The van der Waals surface area contributed by atoms with Crippen LogP contribution in [-0.4, -0.2) is 49.4 Å². The lowest BCUT2D eigenvalue weighted by Crippen LogP contribution is -2.45. The maximum absolute atomic E-state index is 13.9. The van der Waals surface area contributed by atoms with Crippen LogP contribution < -0.4 is 10.2 Å². The Morgan fingerprint density at radius 3 is 2.82 bits per heavy atom. The number of nitrogens with one attached hydrogen (secondary N) is 1. The summed E-state index contributed by atoms with van der Waals surface area (Å²) in [4.78, 5) is 28.0. The topological polar surface area (TPSA) is 52.7 Å². The number of carbonyl (C=O) groups excluding carboxylic acids is 2. The molecule has 5 nitrogen and oxygen atoms in total. The minimum atomic E-state index is -0.493. The second kappa shape index (κ2) is 6.04. The van der Waals surface area contributed by atoms with Crippen LogP contribution in [0.5, 0.6) is 0 Å². The average Bonchev–Trinajstić information content (AvgIpc) is 3.16. The molecular weight excluding hydrogens is 285 g/mol. The highest BCUT2D eigenvalue weighted by molar-refractivity contribution is 6.01. The summed E-state index contributed by atoms with van der Waals surface area (Å²) in [6.45, 7) is 1.94. The van der Waals surface area contributed by atoms with Gasteiger partial charge in [-0.3, -0.25) is 9.59 Å². The Kier molecular flexibility index (Phi) is 4.11. The summed E-state index contributed by atoms with van der Waals surface area (Å²) in [5, 5.41) is 3.16. The molecule has 2 heterocycles. The lowest BCUT2D eigenvalue weighted by molar-refractivity contribution is -0.139. The Morgan fingerprint density at radius 2 is 2.14 bits per heavy atom. The normalized spacial score (nSPS) is 24.8. The van der Waals surface area contributed by atoms with Crippen LogP contribution in [0, 0.1) is 11.7 Å². The summed E-state index contributed by atoms with van der Waals surface area (Å²) in [5.74, 6) is -0.670. The number of carbonyl (C=O) groups is 2. The number of nitrogens with zero attached hydrogens (tertiary/aromatic N) is 2. The summed E-state index contributed by atoms with van der Waals surface area (Å²) >= 11 is 0. The molecule has 118 valence electrons. The molecule has 2 aliphatic heterocycles. The van der Waals surface area contributed by atoms with E-state index in [2.05, 4.69) is 5.32 Å². The molecule has 0 spiro atoms. The molecule has 1 aromatic carbocycles. The van der Waals surface area contributed by atoms with Gasteiger partial charge in [-0.05, 0) is 31.5 Å². The number of rotatable bonds is 3. The van der Waals surface area contributed by atoms with Gasteiger partial charge in [0, 0.05) is 20.1 Å². The second-order valence-corrected chi connectivity index (χ2v) is 5.88. The highest BCUT2D eigenvalue weighted by Crippen LogP contribution is 2.27. The summed E-state index contributed by atoms with van der Waals surface area (Å²) in [6.07, 6.45) is 1.34. The van der Waals surface area contributed by atoms with Gasteiger partial charge in [-0.1, -0.05) is 12.1 Å². The van der Waals surface area contributed by atoms with Crippen LogP contribution in [0.4, 0.5) is 10.1 Å². The number of likely N-dealkylation sites (N-methyl/N-ethyl adjacent to an activating group) is 1. The van der Waals surface area contributed by atoms with Crippen molar-refractivity contribution in [2.24, 2.45) is 5.92 Å². The third kappa shape index (κ3) is 2.59. The van der Waals surface area contributed by atoms with E-state index in [4.69, 9.17) is 0 Å². The van der Waals surface area contributed by atoms with Crippen molar-refractivity contribution in [3.05, 3.63) is 30.1 Å². The van der Waals surface area contributed by atoms with Crippen LogP contribution in [0.2, 0.25) is 0 Å². The Balaban J connectivity index is 1.73. The number of hydrogen-bond acceptors (Lipinski definition) is 3. The first-order valence-corrected chi connectivity index (χ1v) is 7.63. The van der Waals surface area contributed by atoms with E-state index in [1.54, 1.807) is 30.1 Å². The van der Waals surface area contributed by atoms with E-state index in [1.165, 1.54) is 11.0 Å². The molecule has 0 aliphatic carbocycles. The zero-order chi connectivity index (χ0) is 15.7. The minimum Gasteiger partial charge on any atom is -0.333 e. The van der Waals surface area contributed by atoms with Gasteiger partial charge in [0.1, 0.15) is 11.9 Å². The van der Waals surface area contributed by atoms with Crippen LogP contribution in [-0.2, 0) is 9.59 Å². The maximum atomic E-state index is 13.9. The molecule has 0 bridgehead atoms. The fraction of sp³-hybridized carbons (Fsp3) is 0.500. The van der Waals surface area contributed by atoms with E-state index in [1.807, 2.05) is 0 Å². The molecule has 1 N–H and O–H groups in total. The third-order valence-corrected chi connectivity index (χ3v) is 4.55. The van der Waals surface area contributed by atoms with E-state index in [0.29, 0.717) is 25.2 Å². The molecule has 1 aromatic rings. The average molecular weight is 305 g/mol. The van der Waals surface area contributed by atoms with Crippen molar-refractivity contribution >= 4 is 17.5 Å². The predicted molar refractivity (Wildman–Crippen MR) is 80.9 cm³/mol. The fourth-order valence-corrected chi connectivity index (χ4v) is 3.24. The van der Waals surface area contributed by atoms with E-state index in [0.717, 1.165) is 13.0 Å². The summed E-state index contributed by atoms with van der Waals surface area (Å²) < 4.78 is 13.9. The maximum Gasteiger partial charge on any atom is 0.249 e. The number of benzene rings is 1. The smallest absolute Gasteiger partial charge is 0.249 e. The molecule has 2 unspecified atom stereocenters. The quantitative estimate of drug-likeness (QED) is 0.906. The minimum absolute atomic E-state index is 0.00117. The highest BCUT2D eigenvalue weighted by atomic mass is 19.1. The van der Waals surface area contributed by atoms with Crippen molar-refractivity contribution < 1.29 is 14.0 Å². The van der Waals surface area contributed by atoms with E-state index < -0.39 is 11.9 Å². The molecule has 2 amide bonds. The third-order valence-electron chi connectivity index (χ3n) is 4.55. The number of para-hydroxylation sites is 1. The highest BCUT2D eigenvalue weighted by Gasteiger charge is 2.39. The summed E-state index contributed by atoms with van der Waals surface area (Å²) in [5.41, 5.74) is 0.290. The molecule has 2 saturated heterocycles. The molecule has 6 heteroatoms. The van der Waals surface area contributed by atoms with Gasteiger partial charge in [0.05, 0.1) is 11.6 Å². The van der Waals surface area contributed by atoms with Crippen LogP contribution in [0.3, 0.4) is 0 Å². The zero-order valence-electron chi connectivity index (χ0n) is 12.6. The van der Waals surface area contributed by atoms with Gasteiger partial charge in [-0.25, -0.2) is 4.39 Å².